The number of piperidine rings is 2. The number of anilines is 1. The van der Waals surface area contributed by atoms with Gasteiger partial charge in [0.15, 0.2) is 0 Å². The molecule has 0 spiro atoms. The molecular formula is C16H19N3. The van der Waals surface area contributed by atoms with Gasteiger partial charge in [0.2, 0.25) is 0 Å². The number of rotatable bonds is 3. The van der Waals surface area contributed by atoms with E-state index in [9.17, 15) is 0 Å². The molecule has 0 amide bonds. The minimum absolute atomic E-state index is 0.343. The molecule has 5 rings (SSSR count). The molecule has 2 bridgehead atoms. The lowest BCUT2D eigenvalue weighted by molar-refractivity contribution is 0.0638. The number of nitrogens with zero attached hydrogens (tertiary/aromatic N) is 1. The van der Waals surface area contributed by atoms with Crippen LogP contribution in [0.5, 0.6) is 0 Å². The van der Waals surface area contributed by atoms with Crippen LogP contribution >= 0.6 is 0 Å². The number of hydrogen-bond acceptors (Lipinski definition) is 3. The Labute approximate surface area is 113 Å². The third kappa shape index (κ3) is 1.98. The molecule has 2 saturated heterocycles. The molecule has 3 heterocycles. The van der Waals surface area contributed by atoms with Crippen LogP contribution < -0.4 is 10.6 Å². The van der Waals surface area contributed by atoms with Crippen LogP contribution in [0.3, 0.4) is 0 Å². The van der Waals surface area contributed by atoms with E-state index >= 15 is 0 Å². The van der Waals surface area contributed by atoms with Crippen molar-refractivity contribution in [2.75, 3.05) is 18.4 Å². The van der Waals surface area contributed by atoms with Crippen LogP contribution in [0, 0.1) is 5.92 Å². The predicted molar refractivity (Wildman–Crippen MR) is 78.3 cm³/mol. The number of fused-ring (bicyclic) bond motifs is 3. The van der Waals surface area contributed by atoms with Crippen LogP contribution in [-0.2, 0) is 0 Å². The summed E-state index contributed by atoms with van der Waals surface area (Å²) in [5.74, 6) is 1.96. The molecule has 3 heteroatoms. The minimum atomic E-state index is 0.343. The molecule has 98 valence electrons. The molecule has 3 aliphatic rings. The Kier molecular flexibility index (Phi) is 2.49. The van der Waals surface area contributed by atoms with Crippen LogP contribution in [0.15, 0.2) is 36.5 Å². The largest absolute Gasteiger partial charge is 0.368 e. The zero-order valence-corrected chi connectivity index (χ0v) is 11.0. The monoisotopic (exact) mass is 253 g/mol. The average molecular weight is 253 g/mol. The van der Waals surface area contributed by atoms with Gasteiger partial charge in [-0.25, -0.2) is 4.98 Å². The van der Waals surface area contributed by atoms with E-state index in [0.29, 0.717) is 5.54 Å². The van der Waals surface area contributed by atoms with Crippen molar-refractivity contribution in [3.05, 3.63) is 36.5 Å². The van der Waals surface area contributed by atoms with Gasteiger partial charge < -0.3 is 10.6 Å². The second kappa shape index (κ2) is 4.20. The summed E-state index contributed by atoms with van der Waals surface area (Å²) in [4.78, 5) is 4.50. The molecule has 0 radical (unpaired) electrons. The van der Waals surface area contributed by atoms with E-state index in [2.05, 4.69) is 45.9 Å². The van der Waals surface area contributed by atoms with E-state index in [0.717, 1.165) is 18.3 Å². The number of aromatic nitrogens is 1. The van der Waals surface area contributed by atoms with E-state index in [-0.39, 0.29) is 0 Å². The molecule has 1 aromatic heterocycles. The summed E-state index contributed by atoms with van der Waals surface area (Å²) < 4.78 is 0. The smallest absolute Gasteiger partial charge is 0.126 e. The van der Waals surface area contributed by atoms with Crippen LogP contribution in [0.4, 0.5) is 5.82 Å². The van der Waals surface area contributed by atoms with Crippen molar-refractivity contribution in [3.8, 4) is 0 Å². The first-order valence-electron chi connectivity index (χ1n) is 7.17. The molecule has 3 nitrogen and oxygen atoms in total. The highest BCUT2D eigenvalue weighted by molar-refractivity contribution is 5.83. The second-order valence-electron chi connectivity index (χ2n) is 6.04. The van der Waals surface area contributed by atoms with Crippen molar-refractivity contribution >= 4 is 16.6 Å². The Morgan fingerprint density at radius 1 is 1.26 bits per heavy atom. The van der Waals surface area contributed by atoms with Crippen molar-refractivity contribution in [2.24, 2.45) is 5.92 Å². The fourth-order valence-electron chi connectivity index (χ4n) is 3.58. The third-order valence-electron chi connectivity index (χ3n) is 4.65. The maximum Gasteiger partial charge on any atom is 0.126 e. The lowest BCUT2D eigenvalue weighted by atomic mass is 9.64. The molecule has 1 saturated carbocycles. The lowest BCUT2D eigenvalue weighted by Crippen LogP contribution is -2.63. The highest BCUT2D eigenvalue weighted by Gasteiger charge is 2.46. The standard InChI is InChI=1S/C16H19N3/c1-2-4-14-10-17-15(7-13(14)3-1)18-11-16-8-12(9-16)5-6-19-16/h1-4,7,10,12,19H,5-6,8-9,11H2,(H,17,18). The van der Waals surface area contributed by atoms with Gasteiger partial charge in [-0.3, -0.25) is 0 Å². The molecule has 2 aliphatic heterocycles. The Bertz CT molecular complexity index is 596. The molecule has 0 unspecified atom stereocenters. The Balaban J connectivity index is 1.49. The van der Waals surface area contributed by atoms with Crippen LogP contribution in [0.25, 0.3) is 10.8 Å². The van der Waals surface area contributed by atoms with Crippen LogP contribution in [-0.4, -0.2) is 23.6 Å². The first-order valence-corrected chi connectivity index (χ1v) is 7.17. The van der Waals surface area contributed by atoms with Crippen LogP contribution in [0.2, 0.25) is 0 Å². The fourth-order valence-corrected chi connectivity index (χ4v) is 3.58. The van der Waals surface area contributed by atoms with Crippen LogP contribution in [0.1, 0.15) is 19.3 Å². The van der Waals surface area contributed by atoms with E-state index in [4.69, 9.17) is 0 Å². The third-order valence-corrected chi connectivity index (χ3v) is 4.65. The lowest BCUT2D eigenvalue weighted by Gasteiger charge is -2.53. The van der Waals surface area contributed by atoms with Gasteiger partial charge in [0, 0.05) is 23.7 Å². The van der Waals surface area contributed by atoms with Crippen molar-refractivity contribution in [2.45, 2.75) is 24.8 Å². The summed E-state index contributed by atoms with van der Waals surface area (Å²) in [5, 5.41) is 9.64. The number of pyridine rings is 1. The van der Waals surface area contributed by atoms with Gasteiger partial charge in [0.25, 0.3) is 0 Å². The minimum Gasteiger partial charge on any atom is -0.368 e. The van der Waals surface area contributed by atoms with Gasteiger partial charge in [-0.15, -0.1) is 0 Å². The Hall–Kier alpha value is -1.61. The zero-order valence-electron chi connectivity index (χ0n) is 11.0. The number of nitrogens with one attached hydrogen (secondary N) is 2. The maximum atomic E-state index is 4.50. The van der Waals surface area contributed by atoms with Gasteiger partial charge in [0.05, 0.1) is 0 Å². The van der Waals surface area contributed by atoms with Gasteiger partial charge in [0.1, 0.15) is 5.82 Å². The highest BCUT2D eigenvalue weighted by Crippen LogP contribution is 2.43. The number of benzene rings is 1. The van der Waals surface area contributed by atoms with E-state index in [1.165, 1.54) is 36.6 Å². The molecule has 2 N–H and O–H groups in total. The van der Waals surface area contributed by atoms with E-state index < -0.39 is 0 Å². The summed E-state index contributed by atoms with van der Waals surface area (Å²) >= 11 is 0. The Morgan fingerprint density at radius 2 is 2.11 bits per heavy atom. The quantitative estimate of drug-likeness (QED) is 0.883. The van der Waals surface area contributed by atoms with Gasteiger partial charge in [-0.05, 0) is 43.2 Å². The molecule has 1 aromatic carbocycles. The second-order valence-corrected chi connectivity index (χ2v) is 6.04. The molecule has 3 fully saturated rings. The maximum absolute atomic E-state index is 4.50. The van der Waals surface area contributed by atoms with E-state index in [1.54, 1.807) is 0 Å². The summed E-state index contributed by atoms with van der Waals surface area (Å²) in [6.07, 6.45) is 5.96. The topological polar surface area (TPSA) is 37.0 Å². The summed E-state index contributed by atoms with van der Waals surface area (Å²) in [6, 6.07) is 10.5. The Morgan fingerprint density at radius 3 is 2.89 bits per heavy atom. The molecular weight excluding hydrogens is 234 g/mol. The first kappa shape index (κ1) is 11.2. The summed E-state index contributed by atoms with van der Waals surface area (Å²) in [5.41, 5.74) is 0.343. The van der Waals surface area contributed by atoms with Crippen molar-refractivity contribution in [1.29, 1.82) is 0 Å². The van der Waals surface area contributed by atoms with Gasteiger partial charge in [-0.2, -0.15) is 0 Å². The first-order chi connectivity index (χ1) is 9.33. The van der Waals surface area contributed by atoms with Gasteiger partial charge in [-0.1, -0.05) is 24.3 Å². The molecule has 1 aliphatic carbocycles. The average Bonchev–Trinajstić information content (AvgIpc) is 2.45. The molecule has 19 heavy (non-hydrogen) atoms. The van der Waals surface area contributed by atoms with Crippen molar-refractivity contribution < 1.29 is 0 Å². The van der Waals surface area contributed by atoms with E-state index in [1.807, 2.05) is 6.20 Å². The normalized spacial score (nSPS) is 28.9. The summed E-state index contributed by atoms with van der Waals surface area (Å²) in [7, 11) is 0. The van der Waals surface area contributed by atoms with Gasteiger partial charge >= 0.3 is 0 Å². The van der Waals surface area contributed by atoms with Crippen molar-refractivity contribution in [3.63, 3.8) is 0 Å². The fraction of sp³-hybridized carbons (Fsp3) is 0.438. The molecule has 2 aromatic rings. The number of hydrogen-bond donors (Lipinski definition) is 2. The summed E-state index contributed by atoms with van der Waals surface area (Å²) in [6.45, 7) is 2.17. The SMILES string of the molecule is c1ccc2cc(NCC34CC(CCN3)C4)ncc2c1. The van der Waals surface area contributed by atoms with Crippen molar-refractivity contribution in [1.82, 2.24) is 10.3 Å². The predicted octanol–water partition coefficient (Wildman–Crippen LogP) is 2.79. The zero-order chi connectivity index (χ0) is 12.7. The molecule has 0 atom stereocenters. The highest BCUT2D eigenvalue weighted by atomic mass is 15.1.